The highest BCUT2D eigenvalue weighted by molar-refractivity contribution is 4.75. The first-order valence-electron chi connectivity index (χ1n) is 5.86. The molecule has 0 bridgehead atoms. The van der Waals surface area contributed by atoms with Crippen LogP contribution in [0.4, 0.5) is 0 Å². The number of hydrogen-bond donors (Lipinski definition) is 2. The summed E-state index contributed by atoms with van der Waals surface area (Å²) in [4.78, 5) is 0. The van der Waals surface area contributed by atoms with Crippen LogP contribution in [0.5, 0.6) is 0 Å². The molecule has 0 spiro atoms. The summed E-state index contributed by atoms with van der Waals surface area (Å²) in [7, 11) is 0. The van der Waals surface area contributed by atoms with Crippen LogP contribution in [-0.2, 0) is 4.74 Å². The van der Waals surface area contributed by atoms with Gasteiger partial charge in [0.15, 0.2) is 0 Å². The summed E-state index contributed by atoms with van der Waals surface area (Å²) in [6, 6.07) is 0.607. The summed E-state index contributed by atoms with van der Waals surface area (Å²) in [6.45, 7) is 6.10. The van der Waals surface area contributed by atoms with E-state index in [0.717, 1.165) is 38.6 Å². The molecule has 3 nitrogen and oxygen atoms in total. The lowest BCUT2D eigenvalue weighted by Crippen LogP contribution is -2.34. The molecule has 0 aromatic carbocycles. The molecule has 1 heterocycles. The third-order valence-electron chi connectivity index (χ3n) is 3.02. The number of nitrogens with one attached hydrogen (secondary N) is 1. The third kappa shape index (κ3) is 4.40. The van der Waals surface area contributed by atoms with Crippen LogP contribution in [0.1, 0.15) is 32.6 Å². The highest BCUT2D eigenvalue weighted by Gasteiger charge is 2.21. The van der Waals surface area contributed by atoms with Crippen LogP contribution >= 0.6 is 0 Å². The van der Waals surface area contributed by atoms with Crippen LogP contribution in [-0.4, -0.2) is 32.3 Å². The lowest BCUT2D eigenvalue weighted by molar-refractivity contribution is 0.178. The fourth-order valence-corrected chi connectivity index (χ4v) is 1.89. The zero-order valence-corrected chi connectivity index (χ0v) is 9.30. The second-order valence-electron chi connectivity index (χ2n) is 4.22. The van der Waals surface area contributed by atoms with E-state index in [2.05, 4.69) is 12.2 Å². The summed E-state index contributed by atoms with van der Waals surface area (Å²) in [5.74, 6) is 0.726. The Bertz CT molecular complexity index is 135. The first-order chi connectivity index (χ1) is 6.84. The number of rotatable bonds is 7. The predicted octanol–water partition coefficient (Wildman–Crippen LogP) is 1.13. The Hall–Kier alpha value is -0.120. The van der Waals surface area contributed by atoms with Gasteiger partial charge in [0.25, 0.3) is 0 Å². The van der Waals surface area contributed by atoms with Gasteiger partial charge in [0.2, 0.25) is 0 Å². The monoisotopic (exact) mass is 200 g/mol. The molecule has 0 aromatic rings. The van der Waals surface area contributed by atoms with Crippen molar-refractivity contribution in [3.63, 3.8) is 0 Å². The van der Waals surface area contributed by atoms with Gasteiger partial charge >= 0.3 is 0 Å². The predicted molar refractivity (Wildman–Crippen MR) is 59.3 cm³/mol. The smallest absolute Gasteiger partial charge is 0.0509 e. The Labute approximate surface area is 87.4 Å². The molecule has 0 aliphatic carbocycles. The van der Waals surface area contributed by atoms with Crippen molar-refractivity contribution in [1.29, 1.82) is 0 Å². The number of ether oxygens (including phenoxy) is 1. The van der Waals surface area contributed by atoms with Crippen molar-refractivity contribution < 1.29 is 4.74 Å². The Morgan fingerprint density at radius 2 is 2.29 bits per heavy atom. The van der Waals surface area contributed by atoms with Crippen molar-refractivity contribution in [2.75, 3.05) is 26.3 Å². The first kappa shape index (κ1) is 12.0. The quantitative estimate of drug-likeness (QED) is 0.606. The molecular weight excluding hydrogens is 176 g/mol. The lowest BCUT2D eigenvalue weighted by atomic mass is 10.0. The standard InChI is InChI=1S/C11H24N2O/c1-10(11-5-8-14-9-11)13-7-4-2-3-6-12/h10-11,13H,2-9,12H2,1H3. The zero-order chi connectivity index (χ0) is 10.2. The molecule has 1 fully saturated rings. The van der Waals surface area contributed by atoms with Crippen LogP contribution in [0.15, 0.2) is 0 Å². The molecule has 0 aromatic heterocycles. The average Bonchev–Trinajstić information content (AvgIpc) is 2.70. The van der Waals surface area contributed by atoms with Gasteiger partial charge in [-0.3, -0.25) is 0 Å². The lowest BCUT2D eigenvalue weighted by Gasteiger charge is -2.19. The van der Waals surface area contributed by atoms with E-state index in [9.17, 15) is 0 Å². The van der Waals surface area contributed by atoms with E-state index in [-0.39, 0.29) is 0 Å². The van der Waals surface area contributed by atoms with Crippen molar-refractivity contribution in [3.8, 4) is 0 Å². The Morgan fingerprint density at radius 3 is 2.93 bits per heavy atom. The van der Waals surface area contributed by atoms with Gasteiger partial charge in [-0.25, -0.2) is 0 Å². The Balaban J connectivity index is 1.94. The van der Waals surface area contributed by atoms with Crippen LogP contribution < -0.4 is 11.1 Å². The molecule has 84 valence electrons. The molecule has 1 aliphatic heterocycles. The van der Waals surface area contributed by atoms with E-state index in [1.807, 2.05) is 0 Å². The molecular formula is C11H24N2O. The van der Waals surface area contributed by atoms with E-state index in [1.165, 1.54) is 19.3 Å². The van der Waals surface area contributed by atoms with Crippen molar-refractivity contribution in [2.24, 2.45) is 11.7 Å². The number of nitrogens with two attached hydrogens (primary N) is 1. The maximum absolute atomic E-state index is 5.43. The third-order valence-corrected chi connectivity index (χ3v) is 3.02. The average molecular weight is 200 g/mol. The van der Waals surface area contributed by atoms with Crippen LogP contribution in [0, 0.1) is 5.92 Å². The second-order valence-corrected chi connectivity index (χ2v) is 4.22. The van der Waals surface area contributed by atoms with Crippen molar-refractivity contribution in [2.45, 2.75) is 38.6 Å². The van der Waals surface area contributed by atoms with E-state index < -0.39 is 0 Å². The molecule has 3 N–H and O–H groups in total. The largest absolute Gasteiger partial charge is 0.381 e. The Kier molecular flexibility index (Phi) is 6.15. The van der Waals surface area contributed by atoms with Gasteiger partial charge in [-0.1, -0.05) is 6.42 Å². The molecule has 3 heteroatoms. The van der Waals surface area contributed by atoms with Gasteiger partial charge in [0.05, 0.1) is 6.61 Å². The summed E-state index contributed by atoms with van der Waals surface area (Å²) in [5, 5.41) is 3.56. The summed E-state index contributed by atoms with van der Waals surface area (Å²) < 4.78 is 5.37. The summed E-state index contributed by atoms with van der Waals surface area (Å²) in [5.41, 5.74) is 5.43. The summed E-state index contributed by atoms with van der Waals surface area (Å²) >= 11 is 0. The number of unbranched alkanes of at least 4 members (excludes halogenated alkanes) is 2. The molecule has 1 rings (SSSR count). The van der Waals surface area contributed by atoms with Gasteiger partial charge in [0.1, 0.15) is 0 Å². The van der Waals surface area contributed by atoms with Gasteiger partial charge in [0, 0.05) is 12.6 Å². The molecule has 0 amide bonds. The minimum atomic E-state index is 0.607. The fraction of sp³-hybridized carbons (Fsp3) is 1.00. The van der Waals surface area contributed by atoms with Crippen molar-refractivity contribution >= 4 is 0 Å². The molecule has 0 radical (unpaired) electrons. The Morgan fingerprint density at radius 1 is 1.43 bits per heavy atom. The second kappa shape index (κ2) is 7.21. The SMILES string of the molecule is CC(NCCCCCN)C1CCOC1. The molecule has 14 heavy (non-hydrogen) atoms. The van der Waals surface area contributed by atoms with E-state index in [1.54, 1.807) is 0 Å². The van der Waals surface area contributed by atoms with Crippen molar-refractivity contribution in [1.82, 2.24) is 5.32 Å². The molecule has 1 aliphatic rings. The molecule has 0 saturated carbocycles. The van der Waals surface area contributed by atoms with E-state index in [4.69, 9.17) is 10.5 Å². The van der Waals surface area contributed by atoms with Crippen LogP contribution in [0.25, 0.3) is 0 Å². The minimum Gasteiger partial charge on any atom is -0.381 e. The fourth-order valence-electron chi connectivity index (χ4n) is 1.89. The molecule has 2 unspecified atom stereocenters. The minimum absolute atomic E-state index is 0.607. The first-order valence-corrected chi connectivity index (χ1v) is 5.86. The summed E-state index contributed by atoms with van der Waals surface area (Å²) in [6.07, 6.45) is 4.87. The van der Waals surface area contributed by atoms with Gasteiger partial charge in [-0.05, 0) is 45.2 Å². The zero-order valence-electron chi connectivity index (χ0n) is 9.30. The van der Waals surface area contributed by atoms with E-state index in [0.29, 0.717) is 6.04 Å². The maximum Gasteiger partial charge on any atom is 0.0509 e. The van der Waals surface area contributed by atoms with Crippen molar-refractivity contribution in [3.05, 3.63) is 0 Å². The van der Waals surface area contributed by atoms with Gasteiger partial charge in [-0.2, -0.15) is 0 Å². The molecule has 2 atom stereocenters. The van der Waals surface area contributed by atoms with Crippen LogP contribution in [0.3, 0.4) is 0 Å². The molecule has 1 saturated heterocycles. The van der Waals surface area contributed by atoms with Crippen LogP contribution in [0.2, 0.25) is 0 Å². The highest BCUT2D eigenvalue weighted by Crippen LogP contribution is 2.16. The normalized spacial score (nSPS) is 24.0. The van der Waals surface area contributed by atoms with E-state index >= 15 is 0 Å². The van der Waals surface area contributed by atoms with Gasteiger partial charge in [-0.15, -0.1) is 0 Å². The highest BCUT2D eigenvalue weighted by atomic mass is 16.5. The maximum atomic E-state index is 5.43. The number of hydrogen-bond acceptors (Lipinski definition) is 3. The topological polar surface area (TPSA) is 47.3 Å². The van der Waals surface area contributed by atoms with Gasteiger partial charge < -0.3 is 15.8 Å².